The first kappa shape index (κ1) is 51.5. The predicted molar refractivity (Wildman–Crippen MR) is 234 cm³/mol. The molecule has 17 heteroatoms. The number of aryl methyl sites for hydroxylation is 1. The summed E-state index contributed by atoms with van der Waals surface area (Å²) < 4.78 is 33.3. The minimum atomic E-state index is -3.58. The second-order valence-corrected chi connectivity index (χ2v) is 19.7. The van der Waals surface area contributed by atoms with Gasteiger partial charge >= 0.3 is 11.8 Å². The van der Waals surface area contributed by atoms with Gasteiger partial charge in [-0.1, -0.05) is 58.4 Å². The number of rotatable bonds is 15. The smallest absolute Gasteiger partial charge is 0.408 e. The number of alkyl carbamates (subject to hydrolysis) is 1. The normalized spacial score (nSPS) is 18.9. The number of primary amides is 1. The van der Waals surface area contributed by atoms with Gasteiger partial charge in [0.25, 0.3) is 0 Å². The number of amides is 5. The van der Waals surface area contributed by atoms with Gasteiger partial charge in [-0.2, -0.15) is 0 Å². The van der Waals surface area contributed by atoms with Gasteiger partial charge in [0.15, 0.2) is 0 Å². The van der Waals surface area contributed by atoms with Crippen molar-refractivity contribution in [2.75, 3.05) is 19.6 Å². The fourth-order valence-electron chi connectivity index (χ4n) is 6.67. The summed E-state index contributed by atoms with van der Waals surface area (Å²) in [5.74, 6) is -0.0899. The highest BCUT2D eigenvalue weighted by Gasteiger charge is 2.55. The number of carbonyl (C=O) groups excluding carboxylic acids is 5. The van der Waals surface area contributed by atoms with Gasteiger partial charge in [0, 0.05) is 25.0 Å². The van der Waals surface area contributed by atoms with Crippen molar-refractivity contribution in [3.05, 3.63) is 46.4 Å². The molecule has 1 saturated heterocycles. The highest BCUT2D eigenvalue weighted by atomic mass is 32.2. The van der Waals surface area contributed by atoms with E-state index in [0.717, 1.165) is 48.2 Å². The van der Waals surface area contributed by atoms with Gasteiger partial charge in [-0.05, 0) is 116 Å². The van der Waals surface area contributed by atoms with E-state index in [4.69, 9.17) is 10.5 Å². The van der Waals surface area contributed by atoms with Crippen LogP contribution in [-0.2, 0) is 33.9 Å². The van der Waals surface area contributed by atoms with Crippen molar-refractivity contribution in [1.82, 2.24) is 29.8 Å². The lowest BCUT2D eigenvalue weighted by Gasteiger charge is -2.23. The highest BCUT2D eigenvalue weighted by molar-refractivity contribution is 7.91. The first-order valence-electron chi connectivity index (χ1n) is 21.1. The maximum atomic E-state index is 12.5. The summed E-state index contributed by atoms with van der Waals surface area (Å²) in [5, 5.41) is 4.93. The van der Waals surface area contributed by atoms with E-state index in [0.29, 0.717) is 57.5 Å². The number of sulfonamides is 1. The number of aromatic amines is 1. The number of carbonyl (C=O) groups is 5. The van der Waals surface area contributed by atoms with Crippen molar-refractivity contribution in [2.24, 2.45) is 23.5 Å². The van der Waals surface area contributed by atoms with Crippen LogP contribution >= 0.6 is 0 Å². The van der Waals surface area contributed by atoms with Crippen LogP contribution in [0.2, 0.25) is 0 Å². The summed E-state index contributed by atoms with van der Waals surface area (Å²) in [5.41, 5.74) is 7.63. The van der Waals surface area contributed by atoms with E-state index in [1.807, 2.05) is 58.0 Å². The fraction of sp³-hybridized carbons (Fsp3) is 0.674. The van der Waals surface area contributed by atoms with E-state index in [9.17, 15) is 37.2 Å². The van der Waals surface area contributed by atoms with Crippen LogP contribution in [0.3, 0.4) is 0 Å². The van der Waals surface area contributed by atoms with Crippen LogP contribution in [0, 0.1) is 24.7 Å². The predicted octanol–water partition coefficient (Wildman–Crippen LogP) is 5.35. The first-order chi connectivity index (χ1) is 28.0. The van der Waals surface area contributed by atoms with E-state index in [-0.39, 0.29) is 36.0 Å². The Morgan fingerprint density at radius 3 is 2.23 bits per heavy atom. The topological polar surface area (TPSA) is 232 Å². The molecule has 2 heterocycles. The molecule has 5 amide bonds. The number of para-hydroxylation sites is 1. The summed E-state index contributed by atoms with van der Waals surface area (Å²) in [6.45, 7) is 20.6. The lowest BCUT2D eigenvalue weighted by molar-refractivity contribution is -0.136. The molecule has 0 unspecified atom stereocenters. The molecule has 1 aromatic heterocycles. The summed E-state index contributed by atoms with van der Waals surface area (Å²) in [7, 11) is -3.58. The lowest BCUT2D eigenvalue weighted by Crippen LogP contribution is -2.48. The molecule has 6 N–H and O–H groups in total. The molecule has 3 atom stereocenters. The third kappa shape index (κ3) is 16.4. The maximum absolute atomic E-state index is 12.5. The van der Waals surface area contributed by atoms with E-state index < -0.39 is 38.4 Å². The Balaban J connectivity index is 0.000000303. The molecular weight excluding hydrogens is 791 g/mol. The zero-order chi connectivity index (χ0) is 45.4. The molecule has 338 valence electrons. The number of benzene rings is 1. The third-order valence-corrected chi connectivity index (χ3v) is 12.3. The second-order valence-electron chi connectivity index (χ2n) is 17.6. The number of imidazole rings is 1. The van der Waals surface area contributed by atoms with Crippen molar-refractivity contribution >= 4 is 51.3 Å². The SMILES string of the molecule is CC(C)(C)OC(=O)NCC(=O)N1CCC[C@H]1C(N)=O.CC(C)C.CC[C@@H]1C[C@@H]1C(=O)NS(=O)(=O)C1(CC/C=C/CCNC=O)CC1.Cc1cccc2c1[nH]c(=O)n2C(C)C. The number of allylic oxidation sites excluding steroid dienone is 1. The number of aromatic nitrogens is 2. The molecule has 3 aliphatic rings. The minimum Gasteiger partial charge on any atom is -0.444 e. The van der Waals surface area contributed by atoms with Crippen LogP contribution in [0.5, 0.6) is 0 Å². The number of ether oxygens (including phenoxy) is 1. The number of nitrogens with two attached hydrogens (primary N) is 1. The zero-order valence-corrected chi connectivity index (χ0v) is 38.2. The number of nitrogens with zero attached hydrogens (tertiary/aromatic N) is 2. The molecule has 0 spiro atoms. The van der Waals surface area contributed by atoms with Crippen LogP contribution in [0.1, 0.15) is 132 Å². The fourth-order valence-corrected chi connectivity index (χ4v) is 8.32. The summed E-state index contributed by atoms with van der Waals surface area (Å²) in [4.78, 5) is 72.4. The summed E-state index contributed by atoms with van der Waals surface area (Å²) in [6.07, 6.45) is 10.1. The van der Waals surface area contributed by atoms with Crippen LogP contribution in [0.25, 0.3) is 11.0 Å². The Labute approximate surface area is 356 Å². The zero-order valence-electron chi connectivity index (χ0n) is 37.4. The van der Waals surface area contributed by atoms with Gasteiger partial charge in [-0.15, -0.1) is 0 Å². The first-order valence-corrected chi connectivity index (χ1v) is 22.6. The molecule has 2 aromatic rings. The van der Waals surface area contributed by atoms with Crippen LogP contribution in [0.4, 0.5) is 4.79 Å². The van der Waals surface area contributed by atoms with Gasteiger partial charge < -0.3 is 31.0 Å². The van der Waals surface area contributed by atoms with E-state index in [2.05, 4.69) is 41.1 Å². The molecular formula is C43H71N7O9S. The quantitative estimate of drug-likeness (QED) is 0.0881. The van der Waals surface area contributed by atoms with E-state index in [1.54, 1.807) is 25.3 Å². The highest BCUT2D eigenvalue weighted by Crippen LogP contribution is 2.48. The molecule has 2 saturated carbocycles. The van der Waals surface area contributed by atoms with Crippen molar-refractivity contribution in [2.45, 2.75) is 149 Å². The standard InChI is InChI=1S/C16H26N2O4S.C12H21N3O4.C11H14N2O.C4H10/c1-2-13-11-14(13)15(20)18-23(21,22)16(8-9-16)7-5-3-4-6-10-17-12-19;1-12(2,3)19-11(18)14-7-9(16)15-6-4-5-8(15)10(13)17;1-7(2)13-9-6-4-5-8(3)10(9)12-11(13)14;1-4(2)3/h3-4,12-14H,2,5-11H2,1H3,(H,17,19)(H,18,20);8H,4-7H2,1-3H3,(H2,13,17)(H,14,18);4-7H,1-3H3,(H,12,14);4H,1-3H3/b4-3+;;;/t13-,14+;8-;;/m10../s1. The molecule has 0 radical (unpaired) electrons. The van der Waals surface area contributed by atoms with Gasteiger partial charge in [0.05, 0.1) is 15.8 Å². The Morgan fingerprint density at radius 2 is 1.70 bits per heavy atom. The monoisotopic (exact) mass is 862 g/mol. The molecule has 1 aromatic carbocycles. The molecule has 2 aliphatic carbocycles. The second kappa shape index (κ2) is 23.4. The average Bonchev–Trinajstić information content (AvgIpc) is 4.03. The molecule has 16 nitrogen and oxygen atoms in total. The van der Waals surface area contributed by atoms with Crippen molar-refractivity contribution < 1.29 is 37.1 Å². The Bertz CT molecular complexity index is 1940. The largest absolute Gasteiger partial charge is 0.444 e. The number of fused-ring (bicyclic) bond motifs is 1. The number of hydrogen-bond acceptors (Lipinski definition) is 9. The van der Waals surface area contributed by atoms with Crippen molar-refractivity contribution in [3.63, 3.8) is 0 Å². The Hall–Kier alpha value is -4.67. The molecule has 5 rings (SSSR count). The van der Waals surface area contributed by atoms with Crippen molar-refractivity contribution in [1.29, 1.82) is 0 Å². The molecule has 3 fully saturated rings. The number of likely N-dealkylation sites (tertiary alicyclic amines) is 1. The number of hydrogen-bond donors (Lipinski definition) is 5. The summed E-state index contributed by atoms with van der Waals surface area (Å²) >= 11 is 0. The Morgan fingerprint density at radius 1 is 1.07 bits per heavy atom. The van der Waals surface area contributed by atoms with E-state index in [1.165, 1.54) is 4.90 Å². The Kier molecular flexibility index (Phi) is 20.0. The van der Waals surface area contributed by atoms with Gasteiger partial charge in [-0.3, -0.25) is 28.5 Å². The number of nitrogens with one attached hydrogen (secondary N) is 4. The molecule has 60 heavy (non-hydrogen) atoms. The third-order valence-electron chi connectivity index (χ3n) is 10.0. The molecule has 0 bridgehead atoms. The van der Waals surface area contributed by atoms with Gasteiger partial charge in [-0.25, -0.2) is 18.0 Å². The average molecular weight is 862 g/mol. The van der Waals surface area contributed by atoms with Crippen LogP contribution < -0.4 is 26.8 Å². The van der Waals surface area contributed by atoms with Gasteiger partial charge in [0.2, 0.25) is 34.2 Å². The number of H-pyrrole nitrogens is 1. The van der Waals surface area contributed by atoms with Gasteiger partial charge in [0.1, 0.15) is 18.2 Å². The van der Waals surface area contributed by atoms with E-state index >= 15 is 0 Å². The maximum Gasteiger partial charge on any atom is 0.408 e. The summed E-state index contributed by atoms with van der Waals surface area (Å²) in [6, 6.07) is 5.58. The van der Waals surface area contributed by atoms with Crippen LogP contribution in [-0.4, -0.2) is 89.1 Å². The minimum absolute atomic E-state index is 0.0238. The molecule has 1 aliphatic heterocycles. The lowest BCUT2D eigenvalue weighted by atomic mass is 10.2. The van der Waals surface area contributed by atoms with Crippen molar-refractivity contribution in [3.8, 4) is 0 Å². The van der Waals surface area contributed by atoms with Crippen LogP contribution in [0.15, 0.2) is 35.1 Å².